The van der Waals surface area contributed by atoms with Gasteiger partial charge in [-0.05, 0) is 56.8 Å². The highest BCUT2D eigenvalue weighted by molar-refractivity contribution is 5.34. The van der Waals surface area contributed by atoms with E-state index in [0.29, 0.717) is 6.04 Å². The molecule has 0 aliphatic heterocycles. The molecule has 1 atom stereocenters. The second kappa shape index (κ2) is 8.28. The van der Waals surface area contributed by atoms with E-state index in [4.69, 9.17) is 4.74 Å². The van der Waals surface area contributed by atoms with Gasteiger partial charge >= 0.3 is 0 Å². The molecule has 0 aliphatic carbocycles. The molecule has 1 rings (SSSR count). The van der Waals surface area contributed by atoms with E-state index in [0.717, 1.165) is 32.6 Å². The van der Waals surface area contributed by atoms with Crippen LogP contribution in [-0.4, -0.2) is 25.8 Å². The van der Waals surface area contributed by atoms with Gasteiger partial charge in [-0.25, -0.2) is 0 Å². The molecule has 0 heterocycles. The maximum absolute atomic E-state index is 5.58. The molecule has 1 aromatic carbocycles. The van der Waals surface area contributed by atoms with E-state index in [9.17, 15) is 0 Å². The molecule has 2 heteroatoms. The number of hydrogen-bond donors (Lipinski definition) is 1. The van der Waals surface area contributed by atoms with Crippen molar-refractivity contribution in [3.05, 3.63) is 34.9 Å². The van der Waals surface area contributed by atoms with Crippen LogP contribution in [-0.2, 0) is 11.2 Å². The Bertz CT molecular complexity index is 321. The summed E-state index contributed by atoms with van der Waals surface area (Å²) in [6.45, 7) is 11.3. The Hall–Kier alpha value is -0.860. The molecular weight excluding hydrogens is 222 g/mol. The molecule has 102 valence electrons. The maximum Gasteiger partial charge on any atom is 0.0622 e. The zero-order chi connectivity index (χ0) is 13.4. The lowest BCUT2D eigenvalue weighted by molar-refractivity contribution is 0.122. The van der Waals surface area contributed by atoms with Gasteiger partial charge in [0.15, 0.2) is 0 Å². The molecule has 1 N–H and O–H groups in total. The Balaban J connectivity index is 2.68. The summed E-state index contributed by atoms with van der Waals surface area (Å²) >= 11 is 0. The molecule has 0 saturated heterocycles. The lowest BCUT2D eigenvalue weighted by Crippen LogP contribution is -2.36. The number of benzene rings is 1. The number of ether oxygens (including phenoxy) is 1. The highest BCUT2D eigenvalue weighted by Crippen LogP contribution is 2.15. The van der Waals surface area contributed by atoms with Gasteiger partial charge in [0.25, 0.3) is 0 Å². The highest BCUT2D eigenvalue weighted by Gasteiger charge is 2.12. The van der Waals surface area contributed by atoms with Gasteiger partial charge in [0.1, 0.15) is 0 Å². The monoisotopic (exact) mass is 249 g/mol. The topological polar surface area (TPSA) is 21.3 Å². The number of hydrogen-bond acceptors (Lipinski definition) is 2. The first-order valence-electron chi connectivity index (χ1n) is 7.05. The summed E-state index contributed by atoms with van der Waals surface area (Å²) in [6.07, 6.45) is 2.22. The minimum Gasteiger partial charge on any atom is -0.380 e. The van der Waals surface area contributed by atoms with Crippen molar-refractivity contribution < 1.29 is 4.74 Å². The summed E-state index contributed by atoms with van der Waals surface area (Å²) in [4.78, 5) is 0. The lowest BCUT2D eigenvalue weighted by Gasteiger charge is -2.20. The third-order valence-electron chi connectivity index (χ3n) is 3.30. The van der Waals surface area contributed by atoms with Crippen LogP contribution < -0.4 is 5.32 Å². The predicted octanol–water partition coefficient (Wildman–Crippen LogP) is 3.25. The average molecular weight is 249 g/mol. The summed E-state index contributed by atoms with van der Waals surface area (Å²) in [6, 6.07) is 6.94. The van der Waals surface area contributed by atoms with Crippen LogP contribution in [0.25, 0.3) is 0 Å². The predicted molar refractivity (Wildman–Crippen MR) is 78.2 cm³/mol. The molecule has 0 bridgehead atoms. The maximum atomic E-state index is 5.58. The van der Waals surface area contributed by atoms with Gasteiger partial charge < -0.3 is 10.1 Å². The van der Waals surface area contributed by atoms with Gasteiger partial charge in [0, 0.05) is 12.6 Å². The summed E-state index contributed by atoms with van der Waals surface area (Å²) in [7, 11) is 0. The van der Waals surface area contributed by atoms with Gasteiger partial charge in [-0.15, -0.1) is 0 Å². The smallest absolute Gasteiger partial charge is 0.0622 e. The molecule has 0 radical (unpaired) electrons. The molecule has 2 nitrogen and oxygen atoms in total. The summed E-state index contributed by atoms with van der Waals surface area (Å²) < 4.78 is 5.58. The zero-order valence-electron chi connectivity index (χ0n) is 12.3. The van der Waals surface area contributed by atoms with Crippen LogP contribution >= 0.6 is 0 Å². The molecule has 18 heavy (non-hydrogen) atoms. The normalized spacial score (nSPS) is 12.7. The van der Waals surface area contributed by atoms with Crippen molar-refractivity contribution in [2.45, 2.75) is 46.6 Å². The first-order chi connectivity index (χ1) is 8.69. The molecule has 0 fully saturated rings. The first-order valence-corrected chi connectivity index (χ1v) is 7.05. The third kappa shape index (κ3) is 4.79. The van der Waals surface area contributed by atoms with E-state index in [-0.39, 0.29) is 0 Å². The Labute approximate surface area is 112 Å². The van der Waals surface area contributed by atoms with E-state index in [1.54, 1.807) is 0 Å². The van der Waals surface area contributed by atoms with E-state index in [2.05, 4.69) is 51.2 Å². The fourth-order valence-corrected chi connectivity index (χ4v) is 2.22. The molecule has 1 aromatic rings. The molecule has 0 aromatic heterocycles. The minimum atomic E-state index is 0.421. The van der Waals surface area contributed by atoms with E-state index >= 15 is 0 Å². The molecule has 0 aliphatic rings. The second-order valence-electron chi connectivity index (χ2n) is 4.88. The molecule has 0 amide bonds. The Morgan fingerprint density at radius 3 is 2.39 bits per heavy atom. The molecule has 1 unspecified atom stereocenters. The van der Waals surface area contributed by atoms with Crippen LogP contribution in [0, 0.1) is 13.8 Å². The van der Waals surface area contributed by atoms with Crippen LogP contribution in [0.15, 0.2) is 18.2 Å². The van der Waals surface area contributed by atoms with Crippen LogP contribution in [0.2, 0.25) is 0 Å². The van der Waals surface area contributed by atoms with Crippen molar-refractivity contribution in [3.63, 3.8) is 0 Å². The fraction of sp³-hybridized carbons (Fsp3) is 0.625. The van der Waals surface area contributed by atoms with Gasteiger partial charge in [-0.2, -0.15) is 0 Å². The van der Waals surface area contributed by atoms with Crippen molar-refractivity contribution >= 4 is 0 Å². The Morgan fingerprint density at radius 1 is 1.17 bits per heavy atom. The van der Waals surface area contributed by atoms with Crippen molar-refractivity contribution in [2.24, 2.45) is 0 Å². The quantitative estimate of drug-likeness (QED) is 0.763. The standard InChI is InChI=1S/C16H27NO/c1-5-10-17-15(12-18-6-2)11-16-13(3)8-7-9-14(16)4/h7-9,15,17H,5-6,10-12H2,1-4H3. The highest BCUT2D eigenvalue weighted by atomic mass is 16.5. The van der Waals surface area contributed by atoms with Gasteiger partial charge in [-0.3, -0.25) is 0 Å². The van der Waals surface area contributed by atoms with Crippen LogP contribution in [0.3, 0.4) is 0 Å². The number of aryl methyl sites for hydroxylation is 2. The second-order valence-corrected chi connectivity index (χ2v) is 4.88. The van der Waals surface area contributed by atoms with Crippen molar-refractivity contribution in [1.82, 2.24) is 5.32 Å². The lowest BCUT2D eigenvalue weighted by atomic mass is 9.96. The van der Waals surface area contributed by atoms with Crippen molar-refractivity contribution in [1.29, 1.82) is 0 Å². The van der Waals surface area contributed by atoms with Crippen LogP contribution in [0.4, 0.5) is 0 Å². The van der Waals surface area contributed by atoms with E-state index in [1.807, 2.05) is 0 Å². The fourth-order valence-electron chi connectivity index (χ4n) is 2.22. The molecule has 0 saturated carbocycles. The minimum absolute atomic E-state index is 0.421. The third-order valence-corrected chi connectivity index (χ3v) is 3.30. The van der Waals surface area contributed by atoms with Gasteiger partial charge in [-0.1, -0.05) is 25.1 Å². The number of rotatable bonds is 8. The molecular formula is C16H27NO. The SMILES string of the molecule is CCCNC(COCC)Cc1c(C)cccc1C. The van der Waals surface area contributed by atoms with Gasteiger partial charge in [0.05, 0.1) is 6.61 Å². The van der Waals surface area contributed by atoms with Gasteiger partial charge in [0.2, 0.25) is 0 Å². The summed E-state index contributed by atoms with van der Waals surface area (Å²) in [5.41, 5.74) is 4.23. The zero-order valence-corrected chi connectivity index (χ0v) is 12.3. The summed E-state index contributed by atoms with van der Waals surface area (Å²) in [5, 5.41) is 3.58. The average Bonchev–Trinajstić information content (AvgIpc) is 2.36. The first kappa shape index (κ1) is 15.2. The number of nitrogens with one attached hydrogen (secondary N) is 1. The summed E-state index contributed by atoms with van der Waals surface area (Å²) in [5.74, 6) is 0. The van der Waals surface area contributed by atoms with Crippen LogP contribution in [0.1, 0.15) is 37.0 Å². The Morgan fingerprint density at radius 2 is 1.83 bits per heavy atom. The van der Waals surface area contributed by atoms with E-state index in [1.165, 1.54) is 16.7 Å². The van der Waals surface area contributed by atoms with E-state index < -0.39 is 0 Å². The van der Waals surface area contributed by atoms with Crippen molar-refractivity contribution in [3.8, 4) is 0 Å². The van der Waals surface area contributed by atoms with Crippen molar-refractivity contribution in [2.75, 3.05) is 19.8 Å². The molecule has 0 spiro atoms. The van der Waals surface area contributed by atoms with Crippen LogP contribution in [0.5, 0.6) is 0 Å². The Kier molecular flexibility index (Phi) is 6.99. The largest absolute Gasteiger partial charge is 0.380 e.